The van der Waals surface area contributed by atoms with Crippen LogP contribution in [0.3, 0.4) is 0 Å². The second kappa shape index (κ2) is 7.93. The molecule has 0 aromatic heterocycles. The van der Waals surface area contributed by atoms with Crippen molar-refractivity contribution in [1.29, 1.82) is 0 Å². The molecule has 0 radical (unpaired) electrons. The Morgan fingerprint density at radius 3 is 2.43 bits per heavy atom. The summed E-state index contributed by atoms with van der Waals surface area (Å²) in [6.07, 6.45) is 0.913. The summed E-state index contributed by atoms with van der Waals surface area (Å²) in [5.41, 5.74) is 5.72. The van der Waals surface area contributed by atoms with Crippen molar-refractivity contribution in [1.82, 2.24) is 4.90 Å². The Hall–Kier alpha value is -2.13. The SMILES string of the molecule is CCc1cccc(C)c1NC(=O)CN(C)Cc1ccc(C)cc1. The molecule has 2 aromatic rings. The smallest absolute Gasteiger partial charge is 0.238 e. The second-order valence-electron chi connectivity index (χ2n) is 6.17. The van der Waals surface area contributed by atoms with E-state index in [0.717, 1.165) is 24.2 Å². The molecule has 0 heterocycles. The van der Waals surface area contributed by atoms with E-state index in [1.165, 1.54) is 16.7 Å². The first-order chi connectivity index (χ1) is 11.0. The average molecular weight is 310 g/mol. The standard InChI is InChI=1S/C20H26N2O/c1-5-18-8-6-7-16(3)20(18)21-19(23)14-22(4)13-17-11-9-15(2)10-12-17/h6-12H,5,13-14H2,1-4H3,(H,21,23). The molecule has 0 aliphatic heterocycles. The van der Waals surface area contributed by atoms with Gasteiger partial charge in [0.05, 0.1) is 6.54 Å². The number of carbonyl (C=O) groups excluding carboxylic acids is 1. The molecule has 0 saturated carbocycles. The maximum Gasteiger partial charge on any atom is 0.238 e. The van der Waals surface area contributed by atoms with Crippen LogP contribution in [0.2, 0.25) is 0 Å². The van der Waals surface area contributed by atoms with E-state index in [0.29, 0.717) is 6.54 Å². The van der Waals surface area contributed by atoms with Gasteiger partial charge in [0.25, 0.3) is 0 Å². The molecule has 23 heavy (non-hydrogen) atoms. The van der Waals surface area contributed by atoms with E-state index in [1.807, 2.05) is 31.0 Å². The molecular weight excluding hydrogens is 284 g/mol. The first-order valence-corrected chi connectivity index (χ1v) is 8.12. The molecule has 0 aliphatic rings. The summed E-state index contributed by atoms with van der Waals surface area (Å²) in [6, 6.07) is 14.6. The highest BCUT2D eigenvalue weighted by Gasteiger charge is 2.11. The number of aryl methyl sites for hydroxylation is 3. The van der Waals surface area contributed by atoms with Crippen molar-refractivity contribution < 1.29 is 4.79 Å². The second-order valence-corrected chi connectivity index (χ2v) is 6.17. The zero-order valence-electron chi connectivity index (χ0n) is 14.5. The van der Waals surface area contributed by atoms with Gasteiger partial charge >= 0.3 is 0 Å². The molecule has 0 saturated heterocycles. The van der Waals surface area contributed by atoms with Crippen LogP contribution in [0, 0.1) is 13.8 Å². The third kappa shape index (κ3) is 4.93. The summed E-state index contributed by atoms with van der Waals surface area (Å²) in [6.45, 7) is 7.36. The van der Waals surface area contributed by atoms with Crippen LogP contribution < -0.4 is 5.32 Å². The third-order valence-corrected chi connectivity index (χ3v) is 3.99. The molecule has 1 N–H and O–H groups in total. The largest absolute Gasteiger partial charge is 0.324 e. The fourth-order valence-corrected chi connectivity index (χ4v) is 2.69. The first-order valence-electron chi connectivity index (χ1n) is 8.12. The Bertz CT molecular complexity index is 662. The van der Waals surface area contributed by atoms with E-state index in [2.05, 4.69) is 49.5 Å². The third-order valence-electron chi connectivity index (χ3n) is 3.99. The zero-order chi connectivity index (χ0) is 16.8. The van der Waals surface area contributed by atoms with Gasteiger partial charge in [-0.1, -0.05) is 55.0 Å². The highest BCUT2D eigenvalue weighted by atomic mass is 16.2. The van der Waals surface area contributed by atoms with Gasteiger partial charge in [-0.2, -0.15) is 0 Å². The summed E-state index contributed by atoms with van der Waals surface area (Å²) in [5, 5.41) is 3.07. The molecule has 122 valence electrons. The topological polar surface area (TPSA) is 32.3 Å². The first kappa shape index (κ1) is 17.2. The van der Waals surface area contributed by atoms with Crippen molar-refractivity contribution in [3.63, 3.8) is 0 Å². The number of rotatable bonds is 6. The Balaban J connectivity index is 1.95. The van der Waals surface area contributed by atoms with Crippen molar-refractivity contribution >= 4 is 11.6 Å². The number of amides is 1. The molecule has 0 atom stereocenters. The highest BCUT2D eigenvalue weighted by molar-refractivity contribution is 5.93. The minimum atomic E-state index is 0.0311. The molecule has 0 bridgehead atoms. The maximum absolute atomic E-state index is 12.3. The molecule has 0 aliphatic carbocycles. The molecule has 0 fully saturated rings. The van der Waals surface area contributed by atoms with E-state index in [4.69, 9.17) is 0 Å². The number of benzene rings is 2. The van der Waals surface area contributed by atoms with Crippen LogP contribution in [0.15, 0.2) is 42.5 Å². The van der Waals surface area contributed by atoms with E-state index < -0.39 is 0 Å². The molecule has 2 rings (SSSR count). The Labute approximate surface area is 139 Å². The van der Waals surface area contributed by atoms with Crippen LogP contribution >= 0.6 is 0 Å². The quantitative estimate of drug-likeness (QED) is 0.876. The number of nitrogens with one attached hydrogen (secondary N) is 1. The van der Waals surface area contributed by atoms with Gasteiger partial charge in [0.2, 0.25) is 5.91 Å². The molecule has 0 unspecified atom stereocenters. The zero-order valence-corrected chi connectivity index (χ0v) is 14.5. The van der Waals surface area contributed by atoms with E-state index >= 15 is 0 Å². The molecule has 0 spiro atoms. The maximum atomic E-state index is 12.3. The molecule has 2 aromatic carbocycles. The normalized spacial score (nSPS) is 10.8. The summed E-state index contributed by atoms with van der Waals surface area (Å²) in [4.78, 5) is 14.4. The van der Waals surface area contributed by atoms with Gasteiger partial charge in [0, 0.05) is 12.2 Å². The molecule has 3 heteroatoms. The predicted molar refractivity (Wildman–Crippen MR) is 96.7 cm³/mol. The van der Waals surface area contributed by atoms with Gasteiger partial charge in [0.1, 0.15) is 0 Å². The van der Waals surface area contributed by atoms with Crippen LogP contribution in [0.25, 0.3) is 0 Å². The minimum absolute atomic E-state index is 0.0311. The van der Waals surface area contributed by atoms with Crippen molar-refractivity contribution in [3.05, 3.63) is 64.7 Å². The summed E-state index contributed by atoms with van der Waals surface area (Å²) < 4.78 is 0. The lowest BCUT2D eigenvalue weighted by Crippen LogP contribution is -2.30. The number of carbonyl (C=O) groups is 1. The number of anilines is 1. The van der Waals surface area contributed by atoms with E-state index in [9.17, 15) is 4.79 Å². The van der Waals surface area contributed by atoms with Crippen LogP contribution in [-0.2, 0) is 17.8 Å². The monoisotopic (exact) mass is 310 g/mol. The van der Waals surface area contributed by atoms with E-state index in [-0.39, 0.29) is 5.91 Å². The lowest BCUT2D eigenvalue weighted by Gasteiger charge is -2.18. The number of hydrogen-bond acceptors (Lipinski definition) is 2. The fourth-order valence-electron chi connectivity index (χ4n) is 2.69. The molecule has 1 amide bonds. The van der Waals surface area contributed by atoms with E-state index in [1.54, 1.807) is 0 Å². The number of hydrogen-bond donors (Lipinski definition) is 1. The van der Waals surface area contributed by atoms with Gasteiger partial charge < -0.3 is 5.32 Å². The van der Waals surface area contributed by atoms with Crippen molar-refractivity contribution in [3.8, 4) is 0 Å². The average Bonchev–Trinajstić information content (AvgIpc) is 2.51. The lowest BCUT2D eigenvalue weighted by molar-refractivity contribution is -0.117. The number of likely N-dealkylation sites (N-methyl/N-ethyl adjacent to an activating group) is 1. The van der Waals surface area contributed by atoms with Gasteiger partial charge in [-0.25, -0.2) is 0 Å². The Morgan fingerprint density at radius 1 is 1.09 bits per heavy atom. The molecule has 3 nitrogen and oxygen atoms in total. The van der Waals surface area contributed by atoms with Crippen LogP contribution in [-0.4, -0.2) is 24.4 Å². The minimum Gasteiger partial charge on any atom is -0.324 e. The van der Waals surface area contributed by atoms with Crippen molar-refractivity contribution in [2.24, 2.45) is 0 Å². The summed E-state index contributed by atoms with van der Waals surface area (Å²) in [5.74, 6) is 0.0311. The van der Waals surface area contributed by atoms with Crippen LogP contribution in [0.5, 0.6) is 0 Å². The Kier molecular flexibility index (Phi) is 5.94. The molecular formula is C20H26N2O. The van der Waals surface area contributed by atoms with Gasteiger partial charge in [0.15, 0.2) is 0 Å². The van der Waals surface area contributed by atoms with Crippen molar-refractivity contribution in [2.45, 2.75) is 33.7 Å². The summed E-state index contributed by atoms with van der Waals surface area (Å²) >= 11 is 0. The predicted octanol–water partition coefficient (Wildman–Crippen LogP) is 3.94. The van der Waals surface area contributed by atoms with Crippen LogP contribution in [0.1, 0.15) is 29.2 Å². The highest BCUT2D eigenvalue weighted by Crippen LogP contribution is 2.21. The fraction of sp³-hybridized carbons (Fsp3) is 0.350. The number of nitrogens with zero attached hydrogens (tertiary/aromatic N) is 1. The summed E-state index contributed by atoms with van der Waals surface area (Å²) in [7, 11) is 1.97. The Morgan fingerprint density at radius 2 is 1.78 bits per heavy atom. The van der Waals surface area contributed by atoms with Gasteiger partial charge in [-0.05, 0) is 44.0 Å². The van der Waals surface area contributed by atoms with Gasteiger partial charge in [-0.3, -0.25) is 9.69 Å². The van der Waals surface area contributed by atoms with Crippen LogP contribution in [0.4, 0.5) is 5.69 Å². The van der Waals surface area contributed by atoms with Crippen molar-refractivity contribution in [2.75, 3.05) is 18.9 Å². The van der Waals surface area contributed by atoms with Gasteiger partial charge in [-0.15, -0.1) is 0 Å². The number of para-hydroxylation sites is 1. The lowest BCUT2D eigenvalue weighted by atomic mass is 10.1.